The van der Waals surface area contributed by atoms with E-state index in [9.17, 15) is 0 Å². The first kappa shape index (κ1) is 16.1. The van der Waals surface area contributed by atoms with Crippen molar-refractivity contribution < 1.29 is 4.74 Å². The van der Waals surface area contributed by atoms with Crippen molar-refractivity contribution in [3.8, 4) is 5.75 Å². The fourth-order valence-electron chi connectivity index (χ4n) is 3.48. The molecule has 3 aromatic rings. The minimum absolute atomic E-state index is 0.583. The van der Waals surface area contributed by atoms with Gasteiger partial charge in [-0.2, -0.15) is 0 Å². The number of hydrogen-bond donors (Lipinski definition) is 0. The van der Waals surface area contributed by atoms with Crippen LogP contribution in [0.1, 0.15) is 24.0 Å². The molecule has 1 atom stereocenters. The summed E-state index contributed by atoms with van der Waals surface area (Å²) in [6.07, 6.45) is 10.3. The summed E-state index contributed by atoms with van der Waals surface area (Å²) in [6, 6.07) is 8.31. The topological polar surface area (TPSA) is 42.7 Å². The molecule has 0 spiro atoms. The van der Waals surface area contributed by atoms with Crippen LogP contribution in [-0.4, -0.2) is 39.0 Å². The molecule has 4 rings (SSSR count). The summed E-state index contributed by atoms with van der Waals surface area (Å²) in [5.41, 5.74) is 2.49. The first-order valence-electron chi connectivity index (χ1n) is 8.96. The van der Waals surface area contributed by atoms with Gasteiger partial charge in [-0.05, 0) is 38.4 Å². The highest BCUT2D eigenvalue weighted by atomic mass is 16.5. The van der Waals surface area contributed by atoms with E-state index in [0.717, 1.165) is 37.8 Å². The van der Waals surface area contributed by atoms with Crippen LogP contribution in [-0.2, 0) is 6.54 Å². The van der Waals surface area contributed by atoms with E-state index in [1.54, 1.807) is 6.20 Å². The Balaban J connectivity index is 1.33. The largest absolute Gasteiger partial charge is 0.493 e. The maximum atomic E-state index is 5.99. The van der Waals surface area contributed by atoms with Crippen molar-refractivity contribution in [2.45, 2.75) is 26.3 Å². The van der Waals surface area contributed by atoms with Gasteiger partial charge in [0.2, 0.25) is 5.78 Å². The number of piperidine rings is 1. The highest BCUT2D eigenvalue weighted by Crippen LogP contribution is 2.20. The van der Waals surface area contributed by atoms with E-state index in [1.807, 2.05) is 16.8 Å². The summed E-state index contributed by atoms with van der Waals surface area (Å²) in [5, 5.41) is 0. The lowest BCUT2D eigenvalue weighted by Gasteiger charge is -2.32. The summed E-state index contributed by atoms with van der Waals surface area (Å²) >= 11 is 0. The Bertz CT molecular complexity index is 827. The second-order valence-corrected chi connectivity index (χ2v) is 6.96. The maximum Gasteiger partial charge on any atom is 0.233 e. The van der Waals surface area contributed by atoms with Gasteiger partial charge in [-0.25, -0.2) is 9.97 Å². The second kappa shape index (κ2) is 7.23. The standard InChI is InChI=1S/C20H24N4O/c1-16-4-6-19(7-5-16)25-15-17-3-2-9-23(12-17)13-18-11-22-20-21-8-10-24(20)14-18/h4-8,10-11,14,17H,2-3,9,12-13,15H2,1H3. The molecule has 2 aromatic heterocycles. The third-order valence-corrected chi connectivity index (χ3v) is 4.81. The summed E-state index contributed by atoms with van der Waals surface area (Å²) in [5.74, 6) is 2.31. The molecule has 1 unspecified atom stereocenters. The SMILES string of the molecule is Cc1ccc(OCC2CCCN(Cc3cnc4nccn4c3)C2)cc1. The van der Waals surface area contributed by atoms with Crippen molar-refractivity contribution in [2.75, 3.05) is 19.7 Å². The summed E-state index contributed by atoms with van der Waals surface area (Å²) in [4.78, 5) is 11.1. The molecular weight excluding hydrogens is 312 g/mol. The van der Waals surface area contributed by atoms with Gasteiger partial charge in [0.25, 0.3) is 0 Å². The lowest BCUT2D eigenvalue weighted by atomic mass is 9.98. The molecule has 0 N–H and O–H groups in total. The predicted molar refractivity (Wildman–Crippen MR) is 97.7 cm³/mol. The van der Waals surface area contributed by atoms with Gasteiger partial charge < -0.3 is 4.74 Å². The number of nitrogens with zero attached hydrogens (tertiary/aromatic N) is 4. The van der Waals surface area contributed by atoms with Gasteiger partial charge in [0.15, 0.2) is 0 Å². The number of imidazole rings is 1. The Morgan fingerprint density at radius 2 is 2.08 bits per heavy atom. The van der Waals surface area contributed by atoms with Crippen LogP contribution in [0, 0.1) is 12.8 Å². The molecule has 0 radical (unpaired) electrons. The molecule has 25 heavy (non-hydrogen) atoms. The second-order valence-electron chi connectivity index (χ2n) is 6.96. The first-order chi connectivity index (χ1) is 12.3. The molecule has 1 aromatic carbocycles. The van der Waals surface area contributed by atoms with Crippen molar-refractivity contribution in [3.05, 3.63) is 60.2 Å². The van der Waals surface area contributed by atoms with Crippen LogP contribution in [0.4, 0.5) is 0 Å². The number of hydrogen-bond acceptors (Lipinski definition) is 4. The number of likely N-dealkylation sites (tertiary alicyclic amines) is 1. The average molecular weight is 336 g/mol. The van der Waals surface area contributed by atoms with Crippen molar-refractivity contribution in [1.29, 1.82) is 0 Å². The van der Waals surface area contributed by atoms with Crippen molar-refractivity contribution in [1.82, 2.24) is 19.3 Å². The van der Waals surface area contributed by atoms with Crippen molar-refractivity contribution >= 4 is 5.78 Å². The highest BCUT2D eigenvalue weighted by molar-refractivity contribution is 5.28. The number of rotatable bonds is 5. The van der Waals surface area contributed by atoms with Gasteiger partial charge in [0.1, 0.15) is 5.75 Å². The summed E-state index contributed by atoms with van der Waals surface area (Å²) in [6.45, 7) is 6.04. The minimum Gasteiger partial charge on any atom is -0.493 e. The van der Waals surface area contributed by atoms with E-state index in [1.165, 1.54) is 24.0 Å². The van der Waals surface area contributed by atoms with E-state index in [0.29, 0.717) is 5.92 Å². The molecular formula is C20H24N4O. The molecule has 5 nitrogen and oxygen atoms in total. The Hall–Kier alpha value is -2.40. The number of aromatic nitrogens is 3. The zero-order chi connectivity index (χ0) is 17.1. The molecule has 0 aliphatic carbocycles. The Labute approximate surface area is 148 Å². The van der Waals surface area contributed by atoms with Crippen LogP contribution in [0.15, 0.2) is 49.1 Å². The van der Waals surface area contributed by atoms with Crippen LogP contribution < -0.4 is 4.74 Å². The maximum absolute atomic E-state index is 5.99. The molecule has 0 amide bonds. The molecule has 1 fully saturated rings. The molecule has 1 aliphatic heterocycles. The third-order valence-electron chi connectivity index (χ3n) is 4.81. The zero-order valence-electron chi connectivity index (χ0n) is 14.6. The fourth-order valence-corrected chi connectivity index (χ4v) is 3.48. The molecule has 130 valence electrons. The van der Waals surface area contributed by atoms with Crippen LogP contribution >= 0.6 is 0 Å². The van der Waals surface area contributed by atoms with Crippen molar-refractivity contribution in [2.24, 2.45) is 5.92 Å². The lowest BCUT2D eigenvalue weighted by Crippen LogP contribution is -2.37. The lowest BCUT2D eigenvalue weighted by molar-refractivity contribution is 0.125. The van der Waals surface area contributed by atoms with E-state index in [-0.39, 0.29) is 0 Å². The van der Waals surface area contributed by atoms with Gasteiger partial charge >= 0.3 is 0 Å². The van der Waals surface area contributed by atoms with Crippen LogP contribution in [0.3, 0.4) is 0 Å². The quantitative estimate of drug-likeness (QED) is 0.717. The molecule has 0 saturated carbocycles. The van der Waals surface area contributed by atoms with E-state index in [2.05, 4.69) is 52.3 Å². The monoisotopic (exact) mass is 336 g/mol. The molecule has 1 aliphatic rings. The highest BCUT2D eigenvalue weighted by Gasteiger charge is 2.20. The smallest absolute Gasteiger partial charge is 0.233 e. The van der Waals surface area contributed by atoms with Gasteiger partial charge in [-0.1, -0.05) is 17.7 Å². The molecule has 5 heteroatoms. The zero-order valence-corrected chi connectivity index (χ0v) is 14.6. The number of aryl methyl sites for hydroxylation is 1. The molecule has 1 saturated heterocycles. The number of fused-ring (bicyclic) bond motifs is 1. The summed E-state index contributed by atoms with van der Waals surface area (Å²) < 4.78 is 7.98. The fraction of sp³-hybridized carbons (Fsp3) is 0.400. The van der Waals surface area contributed by atoms with Crippen LogP contribution in [0.25, 0.3) is 5.78 Å². The minimum atomic E-state index is 0.583. The Kier molecular flexibility index (Phi) is 4.65. The molecule has 0 bridgehead atoms. The average Bonchev–Trinajstić information content (AvgIpc) is 3.09. The van der Waals surface area contributed by atoms with Gasteiger partial charge in [-0.15, -0.1) is 0 Å². The van der Waals surface area contributed by atoms with Crippen molar-refractivity contribution in [3.63, 3.8) is 0 Å². The van der Waals surface area contributed by atoms with Gasteiger partial charge in [0.05, 0.1) is 6.61 Å². The van der Waals surface area contributed by atoms with E-state index < -0.39 is 0 Å². The first-order valence-corrected chi connectivity index (χ1v) is 8.96. The van der Waals surface area contributed by atoms with Crippen LogP contribution in [0.2, 0.25) is 0 Å². The summed E-state index contributed by atoms with van der Waals surface area (Å²) in [7, 11) is 0. The Morgan fingerprint density at radius 1 is 1.20 bits per heavy atom. The third kappa shape index (κ3) is 3.99. The van der Waals surface area contributed by atoms with Gasteiger partial charge in [0, 0.05) is 49.4 Å². The van der Waals surface area contributed by atoms with E-state index >= 15 is 0 Å². The van der Waals surface area contributed by atoms with Gasteiger partial charge in [-0.3, -0.25) is 9.30 Å². The Morgan fingerprint density at radius 3 is 2.96 bits per heavy atom. The van der Waals surface area contributed by atoms with Crippen LogP contribution in [0.5, 0.6) is 5.75 Å². The number of ether oxygens (including phenoxy) is 1. The number of benzene rings is 1. The predicted octanol–water partition coefficient (Wildman–Crippen LogP) is 3.33. The normalized spacial score (nSPS) is 18.5. The van der Waals surface area contributed by atoms with E-state index in [4.69, 9.17) is 4.74 Å². The molecule has 3 heterocycles.